The lowest BCUT2D eigenvalue weighted by Crippen LogP contribution is -2.39. The summed E-state index contributed by atoms with van der Waals surface area (Å²) >= 11 is 0. The standard InChI is InChI=1S/C20H23NO9/c1-5-29-17(22)12-7-8-15(13(9-12)19(24)30-6-2)21-11-28-10-14(18(23)26-3)16(21)20(25)27-4/h7-9H,5-6,10-11H2,1-4H3. The molecule has 0 N–H and O–H groups in total. The molecule has 0 unspecified atom stereocenters. The Morgan fingerprint density at radius 2 is 1.57 bits per heavy atom. The summed E-state index contributed by atoms with van der Waals surface area (Å²) in [4.78, 5) is 50.6. The highest BCUT2D eigenvalue weighted by Gasteiger charge is 2.34. The highest BCUT2D eigenvalue weighted by molar-refractivity contribution is 6.06. The molecule has 0 atom stereocenters. The molecule has 162 valence electrons. The van der Waals surface area contributed by atoms with Gasteiger partial charge in [-0.2, -0.15) is 0 Å². The number of methoxy groups -OCH3 is 2. The van der Waals surface area contributed by atoms with Crippen molar-refractivity contribution in [1.82, 2.24) is 0 Å². The van der Waals surface area contributed by atoms with Gasteiger partial charge in [0.2, 0.25) is 0 Å². The van der Waals surface area contributed by atoms with E-state index in [9.17, 15) is 19.2 Å². The van der Waals surface area contributed by atoms with Crippen LogP contribution in [0.15, 0.2) is 29.5 Å². The normalized spacial score (nSPS) is 13.5. The van der Waals surface area contributed by atoms with E-state index in [0.717, 1.165) is 7.11 Å². The molecule has 10 heteroatoms. The number of esters is 4. The van der Waals surface area contributed by atoms with Crippen molar-refractivity contribution < 1.29 is 42.9 Å². The van der Waals surface area contributed by atoms with Crippen molar-refractivity contribution in [2.24, 2.45) is 0 Å². The fourth-order valence-corrected chi connectivity index (χ4v) is 2.82. The molecule has 0 bridgehead atoms. The number of rotatable bonds is 7. The van der Waals surface area contributed by atoms with Crippen molar-refractivity contribution in [2.75, 3.05) is 45.7 Å². The molecule has 0 aromatic heterocycles. The third kappa shape index (κ3) is 4.77. The van der Waals surface area contributed by atoms with Crippen LogP contribution in [0.2, 0.25) is 0 Å². The van der Waals surface area contributed by atoms with Gasteiger partial charge in [0.1, 0.15) is 12.4 Å². The summed E-state index contributed by atoms with van der Waals surface area (Å²) in [7, 11) is 2.33. The SMILES string of the molecule is CCOC(=O)c1ccc(N2COCC(C(=O)OC)=C2C(=O)OC)c(C(=O)OCC)c1. The number of ether oxygens (including phenoxy) is 5. The lowest BCUT2D eigenvalue weighted by atomic mass is 10.1. The van der Waals surface area contributed by atoms with E-state index >= 15 is 0 Å². The van der Waals surface area contributed by atoms with Gasteiger partial charge in [0.25, 0.3) is 0 Å². The topological polar surface area (TPSA) is 118 Å². The molecule has 1 aromatic carbocycles. The van der Waals surface area contributed by atoms with E-state index in [1.54, 1.807) is 13.8 Å². The van der Waals surface area contributed by atoms with Crippen LogP contribution in [0.25, 0.3) is 0 Å². The van der Waals surface area contributed by atoms with Crippen molar-refractivity contribution >= 4 is 29.6 Å². The zero-order valence-electron chi connectivity index (χ0n) is 17.2. The van der Waals surface area contributed by atoms with Crippen molar-refractivity contribution in [1.29, 1.82) is 0 Å². The quantitative estimate of drug-likeness (QED) is 0.473. The molecule has 0 amide bonds. The smallest absolute Gasteiger partial charge is 0.355 e. The van der Waals surface area contributed by atoms with E-state index in [0.29, 0.717) is 0 Å². The van der Waals surface area contributed by atoms with Crippen molar-refractivity contribution in [2.45, 2.75) is 13.8 Å². The van der Waals surface area contributed by atoms with Crippen LogP contribution < -0.4 is 4.90 Å². The Hall–Kier alpha value is -3.40. The second kappa shape index (κ2) is 10.4. The zero-order chi connectivity index (χ0) is 22.3. The zero-order valence-corrected chi connectivity index (χ0v) is 17.2. The monoisotopic (exact) mass is 421 g/mol. The molecule has 1 aromatic rings. The summed E-state index contributed by atoms with van der Waals surface area (Å²) in [6.45, 7) is 3.20. The summed E-state index contributed by atoms with van der Waals surface area (Å²) in [6.07, 6.45) is 0. The molecule has 0 radical (unpaired) electrons. The van der Waals surface area contributed by atoms with Gasteiger partial charge in [-0.25, -0.2) is 19.2 Å². The second-order valence-corrected chi connectivity index (χ2v) is 5.89. The average Bonchev–Trinajstić information content (AvgIpc) is 2.77. The van der Waals surface area contributed by atoms with Gasteiger partial charge < -0.3 is 28.6 Å². The predicted octanol–water partition coefficient (Wildman–Crippen LogP) is 1.43. The molecule has 1 heterocycles. The van der Waals surface area contributed by atoms with Crippen LogP contribution >= 0.6 is 0 Å². The molecular weight excluding hydrogens is 398 g/mol. The van der Waals surface area contributed by atoms with Gasteiger partial charge >= 0.3 is 23.9 Å². The molecule has 2 rings (SSSR count). The van der Waals surface area contributed by atoms with E-state index in [4.69, 9.17) is 23.7 Å². The van der Waals surface area contributed by atoms with Crippen LogP contribution in [-0.2, 0) is 33.3 Å². The Kier molecular flexibility index (Phi) is 7.93. The van der Waals surface area contributed by atoms with E-state index in [2.05, 4.69) is 0 Å². The van der Waals surface area contributed by atoms with Gasteiger partial charge in [0.05, 0.1) is 56.4 Å². The van der Waals surface area contributed by atoms with E-state index in [1.165, 1.54) is 30.2 Å². The molecule has 0 saturated carbocycles. The van der Waals surface area contributed by atoms with Crippen molar-refractivity contribution in [3.63, 3.8) is 0 Å². The number of nitrogens with zero attached hydrogens (tertiary/aromatic N) is 1. The molecular formula is C20H23NO9. The van der Waals surface area contributed by atoms with Crippen LogP contribution in [0.5, 0.6) is 0 Å². The average molecular weight is 421 g/mol. The fourth-order valence-electron chi connectivity index (χ4n) is 2.82. The first kappa shape index (κ1) is 22.9. The summed E-state index contributed by atoms with van der Waals surface area (Å²) in [5.74, 6) is -2.94. The van der Waals surface area contributed by atoms with Crippen LogP contribution in [0, 0.1) is 0 Å². The molecule has 1 aliphatic rings. The lowest BCUT2D eigenvalue weighted by Gasteiger charge is -2.32. The number of hydrogen-bond donors (Lipinski definition) is 0. The molecule has 0 saturated heterocycles. The Labute approximate surface area is 173 Å². The number of hydrogen-bond acceptors (Lipinski definition) is 10. The van der Waals surface area contributed by atoms with Gasteiger partial charge in [-0.15, -0.1) is 0 Å². The highest BCUT2D eigenvalue weighted by Crippen LogP contribution is 2.31. The predicted molar refractivity (Wildman–Crippen MR) is 103 cm³/mol. The molecule has 0 spiro atoms. The maximum Gasteiger partial charge on any atom is 0.355 e. The van der Waals surface area contributed by atoms with Crippen LogP contribution in [0.1, 0.15) is 34.6 Å². The molecule has 10 nitrogen and oxygen atoms in total. The largest absolute Gasteiger partial charge is 0.466 e. The van der Waals surface area contributed by atoms with Crippen molar-refractivity contribution in [3.05, 3.63) is 40.6 Å². The highest BCUT2D eigenvalue weighted by atomic mass is 16.5. The first-order valence-electron chi connectivity index (χ1n) is 9.12. The molecule has 0 aliphatic carbocycles. The minimum atomic E-state index is -0.817. The van der Waals surface area contributed by atoms with Gasteiger partial charge in [0, 0.05) is 0 Å². The Bertz CT molecular complexity index is 875. The third-order valence-corrected chi connectivity index (χ3v) is 4.13. The fraction of sp³-hybridized carbons (Fsp3) is 0.400. The van der Waals surface area contributed by atoms with E-state index in [-0.39, 0.29) is 54.6 Å². The first-order chi connectivity index (χ1) is 14.4. The summed E-state index contributed by atoms with van der Waals surface area (Å²) < 4.78 is 25.0. The van der Waals surface area contributed by atoms with Crippen molar-refractivity contribution in [3.8, 4) is 0 Å². The van der Waals surface area contributed by atoms with Gasteiger partial charge in [0.15, 0.2) is 0 Å². The van der Waals surface area contributed by atoms with Gasteiger partial charge in [-0.1, -0.05) is 0 Å². The van der Waals surface area contributed by atoms with Crippen LogP contribution in [0.4, 0.5) is 5.69 Å². The number of carbonyl (C=O) groups is 4. The molecule has 0 fully saturated rings. The first-order valence-corrected chi connectivity index (χ1v) is 9.12. The van der Waals surface area contributed by atoms with Gasteiger partial charge in [-0.3, -0.25) is 0 Å². The number of carbonyl (C=O) groups excluding carboxylic acids is 4. The van der Waals surface area contributed by atoms with E-state index in [1.807, 2.05) is 0 Å². The lowest BCUT2D eigenvalue weighted by molar-refractivity contribution is -0.140. The molecule has 30 heavy (non-hydrogen) atoms. The third-order valence-electron chi connectivity index (χ3n) is 4.13. The van der Waals surface area contributed by atoms with Gasteiger partial charge in [-0.05, 0) is 32.0 Å². The minimum absolute atomic E-state index is 0.0153. The Morgan fingerprint density at radius 1 is 0.933 bits per heavy atom. The minimum Gasteiger partial charge on any atom is -0.466 e. The summed E-state index contributed by atoms with van der Waals surface area (Å²) in [5.41, 5.74) is 0.0878. The second-order valence-electron chi connectivity index (χ2n) is 5.89. The Morgan fingerprint density at radius 3 is 2.17 bits per heavy atom. The Balaban J connectivity index is 2.66. The number of anilines is 1. The maximum absolute atomic E-state index is 12.6. The summed E-state index contributed by atoms with van der Waals surface area (Å²) in [5, 5.41) is 0. The molecule has 1 aliphatic heterocycles. The van der Waals surface area contributed by atoms with Crippen LogP contribution in [-0.4, -0.2) is 64.6 Å². The van der Waals surface area contributed by atoms with Crippen LogP contribution in [0.3, 0.4) is 0 Å². The number of benzene rings is 1. The maximum atomic E-state index is 12.6. The van der Waals surface area contributed by atoms with E-state index < -0.39 is 23.9 Å². The summed E-state index contributed by atoms with van der Waals surface area (Å²) in [6, 6.07) is 4.16.